The Labute approximate surface area is 183 Å². The van der Waals surface area contributed by atoms with Crippen molar-refractivity contribution in [3.05, 3.63) is 95.4 Å². The lowest BCUT2D eigenvalue weighted by atomic mass is 10.2. The van der Waals surface area contributed by atoms with Crippen molar-refractivity contribution < 1.29 is 22.0 Å². The Kier molecular flexibility index (Phi) is 5.65. The molecule has 2 aromatic heterocycles. The quantitative estimate of drug-likeness (QED) is 0.311. The smallest absolute Gasteiger partial charge is 0.238 e. The molecule has 6 nitrogen and oxygen atoms in total. The van der Waals surface area contributed by atoms with Gasteiger partial charge >= 0.3 is 0 Å². The van der Waals surface area contributed by atoms with Crippen LogP contribution in [0.2, 0.25) is 5.02 Å². The summed E-state index contributed by atoms with van der Waals surface area (Å²) in [6.45, 7) is 0. The predicted molar refractivity (Wildman–Crippen MR) is 118 cm³/mol. The molecule has 2 aromatic carbocycles. The molecule has 2 heterocycles. The highest BCUT2D eigenvalue weighted by molar-refractivity contribution is 7.89. The first kappa shape index (κ1) is 20.9. The maximum absolute atomic E-state index is 12.4. The molecule has 0 spiro atoms. The van der Waals surface area contributed by atoms with Gasteiger partial charge in [0.15, 0.2) is 5.76 Å². The minimum absolute atomic E-state index is 0.0168. The van der Waals surface area contributed by atoms with Gasteiger partial charge in [0, 0.05) is 11.1 Å². The summed E-state index contributed by atoms with van der Waals surface area (Å²) in [5.74, 6) is 1.33. The molecule has 8 heteroatoms. The summed E-state index contributed by atoms with van der Waals surface area (Å²) in [5, 5.41) is 5.63. The normalized spacial score (nSPS) is 11.8. The van der Waals surface area contributed by atoms with Crippen molar-refractivity contribution in [1.29, 1.82) is 0 Å². The zero-order chi connectivity index (χ0) is 22.0. The van der Waals surface area contributed by atoms with Crippen molar-refractivity contribution in [3.63, 3.8) is 0 Å². The van der Waals surface area contributed by atoms with E-state index in [9.17, 15) is 13.2 Å². The van der Waals surface area contributed by atoms with Gasteiger partial charge < -0.3 is 8.83 Å². The molecular weight excluding hydrogens is 438 g/mol. The van der Waals surface area contributed by atoms with Crippen LogP contribution in [-0.4, -0.2) is 14.2 Å². The van der Waals surface area contributed by atoms with Crippen LogP contribution in [0, 0.1) is 0 Å². The molecule has 31 heavy (non-hydrogen) atoms. The Morgan fingerprint density at radius 3 is 2.29 bits per heavy atom. The molecule has 0 radical (unpaired) electrons. The molecule has 2 N–H and O–H groups in total. The number of furan rings is 2. The van der Waals surface area contributed by atoms with Gasteiger partial charge in [-0.3, -0.25) is 4.79 Å². The molecule has 0 amide bonds. The van der Waals surface area contributed by atoms with E-state index in [0.717, 1.165) is 0 Å². The topological polar surface area (TPSA) is 104 Å². The van der Waals surface area contributed by atoms with Crippen molar-refractivity contribution in [1.82, 2.24) is 0 Å². The Balaban J connectivity index is 1.48. The molecule has 0 bridgehead atoms. The fraction of sp³-hybridized carbons (Fsp3) is 0. The first-order valence-electron chi connectivity index (χ1n) is 9.11. The summed E-state index contributed by atoms with van der Waals surface area (Å²) in [6.07, 6.45) is 2.88. The van der Waals surface area contributed by atoms with Crippen LogP contribution < -0.4 is 5.14 Å². The van der Waals surface area contributed by atoms with E-state index in [1.807, 2.05) is 18.2 Å². The van der Waals surface area contributed by atoms with Crippen molar-refractivity contribution in [2.75, 3.05) is 0 Å². The molecule has 0 fully saturated rings. The standard InChI is InChI=1S/C23H16ClNO5S/c24-19-4-2-1-3-18(19)22-13-14-23(30-22)20(26)11-7-16-8-12-21(29-16)15-5-9-17(10-6-15)31(25,27)28/h1-14H,(H2,25,27,28)/b11-7+. The average Bonchev–Trinajstić information content (AvgIpc) is 3.42. The molecule has 0 atom stereocenters. The zero-order valence-corrected chi connectivity index (χ0v) is 17.6. The summed E-state index contributed by atoms with van der Waals surface area (Å²) >= 11 is 6.17. The van der Waals surface area contributed by atoms with E-state index < -0.39 is 10.0 Å². The van der Waals surface area contributed by atoms with Gasteiger partial charge in [-0.2, -0.15) is 0 Å². The van der Waals surface area contributed by atoms with Gasteiger partial charge in [-0.05, 0) is 72.8 Å². The third kappa shape index (κ3) is 4.69. The predicted octanol–water partition coefficient (Wildman–Crippen LogP) is 5.40. The number of benzene rings is 2. The molecule has 0 unspecified atom stereocenters. The SMILES string of the molecule is NS(=O)(=O)c1ccc(-c2ccc(/C=C/C(=O)c3ccc(-c4ccccc4Cl)o3)o2)cc1. The van der Waals surface area contributed by atoms with Crippen molar-refractivity contribution in [3.8, 4) is 22.6 Å². The number of hydrogen-bond donors (Lipinski definition) is 1. The lowest BCUT2D eigenvalue weighted by Gasteiger charge is -2.00. The zero-order valence-electron chi connectivity index (χ0n) is 16.0. The molecule has 0 aliphatic carbocycles. The molecule has 156 valence electrons. The number of ketones is 1. The second-order valence-electron chi connectivity index (χ2n) is 6.61. The van der Waals surface area contributed by atoms with Gasteiger partial charge in [-0.15, -0.1) is 0 Å². The molecule has 4 rings (SSSR count). The third-order valence-corrected chi connectivity index (χ3v) is 5.74. The Bertz CT molecular complexity index is 1380. The van der Waals surface area contributed by atoms with E-state index in [0.29, 0.717) is 33.4 Å². The van der Waals surface area contributed by atoms with Gasteiger partial charge in [-0.1, -0.05) is 23.7 Å². The van der Waals surface area contributed by atoms with Gasteiger partial charge in [0.1, 0.15) is 17.3 Å². The lowest BCUT2D eigenvalue weighted by molar-refractivity contribution is 0.102. The minimum atomic E-state index is -3.76. The number of sulfonamides is 1. The van der Waals surface area contributed by atoms with Crippen LogP contribution in [0.4, 0.5) is 0 Å². The highest BCUT2D eigenvalue weighted by atomic mass is 35.5. The summed E-state index contributed by atoms with van der Waals surface area (Å²) in [7, 11) is -3.76. The number of hydrogen-bond acceptors (Lipinski definition) is 5. The number of allylic oxidation sites excluding steroid dienone is 1. The number of carbonyl (C=O) groups excluding carboxylic acids is 1. The second kappa shape index (κ2) is 8.39. The maximum Gasteiger partial charge on any atom is 0.238 e. The summed E-state index contributed by atoms with van der Waals surface area (Å²) in [4.78, 5) is 12.4. The second-order valence-corrected chi connectivity index (χ2v) is 8.58. The number of carbonyl (C=O) groups is 1. The average molecular weight is 454 g/mol. The number of rotatable bonds is 6. The van der Waals surface area contributed by atoms with Crippen molar-refractivity contribution >= 4 is 33.5 Å². The monoisotopic (exact) mass is 453 g/mol. The summed E-state index contributed by atoms with van der Waals surface area (Å²) in [6, 6.07) is 19.9. The molecule has 0 aliphatic rings. The van der Waals surface area contributed by atoms with Crippen LogP contribution in [0.5, 0.6) is 0 Å². The van der Waals surface area contributed by atoms with Gasteiger partial charge in [0.25, 0.3) is 0 Å². The highest BCUT2D eigenvalue weighted by Crippen LogP contribution is 2.29. The molecule has 0 aliphatic heterocycles. The van der Waals surface area contributed by atoms with Crippen molar-refractivity contribution in [2.45, 2.75) is 4.90 Å². The molecule has 0 saturated heterocycles. The maximum atomic E-state index is 12.4. The van der Waals surface area contributed by atoms with E-state index in [1.165, 1.54) is 24.3 Å². The summed E-state index contributed by atoms with van der Waals surface area (Å²) in [5.41, 5.74) is 1.38. The molecule has 4 aromatic rings. The fourth-order valence-electron chi connectivity index (χ4n) is 2.92. The van der Waals surface area contributed by atoms with Gasteiger partial charge in [-0.25, -0.2) is 13.6 Å². The number of nitrogens with two attached hydrogens (primary N) is 1. The Morgan fingerprint density at radius 1 is 0.871 bits per heavy atom. The molecular formula is C23H16ClNO5S. The third-order valence-electron chi connectivity index (χ3n) is 4.48. The van der Waals surface area contributed by atoms with E-state index in [1.54, 1.807) is 42.5 Å². The largest absolute Gasteiger partial charge is 0.457 e. The van der Waals surface area contributed by atoms with E-state index in [-0.39, 0.29) is 16.4 Å². The summed E-state index contributed by atoms with van der Waals surface area (Å²) < 4.78 is 34.0. The Morgan fingerprint density at radius 2 is 1.58 bits per heavy atom. The first-order chi connectivity index (χ1) is 14.8. The van der Waals surface area contributed by atoms with Crippen LogP contribution in [0.25, 0.3) is 28.7 Å². The number of primary sulfonamides is 1. The van der Waals surface area contributed by atoms with E-state index in [2.05, 4.69) is 0 Å². The lowest BCUT2D eigenvalue weighted by Crippen LogP contribution is -2.11. The van der Waals surface area contributed by atoms with Crippen LogP contribution in [0.1, 0.15) is 16.3 Å². The van der Waals surface area contributed by atoms with Crippen LogP contribution in [-0.2, 0) is 10.0 Å². The number of halogens is 1. The van der Waals surface area contributed by atoms with Gasteiger partial charge in [0.2, 0.25) is 15.8 Å². The minimum Gasteiger partial charge on any atom is -0.457 e. The van der Waals surface area contributed by atoms with Gasteiger partial charge in [0.05, 0.1) is 9.92 Å². The molecule has 0 saturated carbocycles. The van der Waals surface area contributed by atoms with Crippen LogP contribution in [0.3, 0.4) is 0 Å². The van der Waals surface area contributed by atoms with Crippen LogP contribution >= 0.6 is 11.6 Å². The fourth-order valence-corrected chi connectivity index (χ4v) is 3.67. The first-order valence-corrected chi connectivity index (χ1v) is 11.0. The van der Waals surface area contributed by atoms with E-state index >= 15 is 0 Å². The van der Waals surface area contributed by atoms with Crippen molar-refractivity contribution in [2.24, 2.45) is 5.14 Å². The highest BCUT2D eigenvalue weighted by Gasteiger charge is 2.13. The Hall–Kier alpha value is -3.39. The van der Waals surface area contributed by atoms with E-state index in [4.69, 9.17) is 25.6 Å². The van der Waals surface area contributed by atoms with Crippen LogP contribution in [0.15, 0.2) is 92.6 Å².